The summed E-state index contributed by atoms with van der Waals surface area (Å²) in [5, 5.41) is 24.4. The van der Waals surface area contributed by atoms with Gasteiger partial charge >= 0.3 is 0 Å². The molecule has 0 amide bonds. The number of hydrogen-bond acceptors (Lipinski definition) is 9. The Balaban J connectivity index is 1.40. The number of nitrogens with zero attached hydrogens (tertiary/aromatic N) is 1. The van der Waals surface area contributed by atoms with Crippen LogP contribution in [0.1, 0.15) is 164 Å². The third-order valence-electron chi connectivity index (χ3n) is 12.9. The van der Waals surface area contributed by atoms with Crippen molar-refractivity contribution in [3.8, 4) is 17.2 Å². The van der Waals surface area contributed by atoms with Crippen LogP contribution in [0.3, 0.4) is 0 Å². The minimum absolute atomic E-state index is 0.00671. The summed E-state index contributed by atoms with van der Waals surface area (Å²) >= 11 is 1.95. The molecule has 1 saturated carbocycles. The lowest BCUT2D eigenvalue weighted by atomic mass is 9.56. The summed E-state index contributed by atoms with van der Waals surface area (Å²) in [6, 6.07) is 13.3. The van der Waals surface area contributed by atoms with Crippen molar-refractivity contribution in [3.63, 3.8) is 0 Å². The molecular weight excluding hydrogens is 771 g/mol. The number of fused-ring (bicyclic) bond motifs is 2. The molecule has 60 heavy (non-hydrogen) atoms. The number of unbranched alkanes of at least 4 members (excludes halogenated alkanes) is 15. The third-order valence-corrected chi connectivity index (χ3v) is 14.3. The highest BCUT2D eigenvalue weighted by molar-refractivity contribution is 8.00. The predicted molar refractivity (Wildman–Crippen MR) is 247 cm³/mol. The number of oxime groups is 1. The smallest absolute Gasteiger partial charge is 0.230 e. The Labute approximate surface area is 366 Å². The molecule has 1 heterocycles. The fraction of sp³-hybridized carbons (Fsp3) is 0.647. The first-order chi connectivity index (χ1) is 29.5. The quantitative estimate of drug-likeness (QED) is 0.0334. The maximum Gasteiger partial charge on any atom is 0.230 e. The van der Waals surface area contributed by atoms with Gasteiger partial charge in [0.2, 0.25) is 5.79 Å². The van der Waals surface area contributed by atoms with Crippen LogP contribution in [0.4, 0.5) is 0 Å². The Hall–Kier alpha value is -3.11. The Bertz CT molecular complexity index is 1640. The third kappa shape index (κ3) is 13.2. The minimum Gasteiger partial charge on any atom is -0.460 e. The molecule has 2 N–H and O–H groups in total. The van der Waals surface area contributed by atoms with Gasteiger partial charge in [-0.05, 0) is 85.6 Å². The average Bonchev–Trinajstić information content (AvgIpc) is 3.26. The summed E-state index contributed by atoms with van der Waals surface area (Å²) in [5.41, 5.74) is 3.71. The van der Waals surface area contributed by atoms with Crippen molar-refractivity contribution < 1.29 is 34.1 Å². The zero-order valence-electron chi connectivity index (χ0n) is 36.8. The number of hydrogen-bond donors (Lipinski definition) is 2. The van der Waals surface area contributed by atoms with Crippen LogP contribution in [0.25, 0.3) is 0 Å². The van der Waals surface area contributed by atoms with Gasteiger partial charge in [0, 0.05) is 36.7 Å². The van der Waals surface area contributed by atoms with Crippen LogP contribution in [0.15, 0.2) is 71.9 Å². The average molecular weight is 846 g/mol. The van der Waals surface area contributed by atoms with Gasteiger partial charge in [0.25, 0.3) is 0 Å². The Morgan fingerprint density at radius 1 is 0.850 bits per heavy atom. The van der Waals surface area contributed by atoms with E-state index >= 15 is 0 Å². The second-order valence-electron chi connectivity index (χ2n) is 17.2. The van der Waals surface area contributed by atoms with Gasteiger partial charge in [-0.1, -0.05) is 133 Å². The van der Waals surface area contributed by atoms with Crippen molar-refractivity contribution in [2.75, 3.05) is 32.7 Å². The molecular formula is C51H75NO7S. The fourth-order valence-electron chi connectivity index (χ4n) is 9.96. The molecule has 0 aromatic heterocycles. The molecule has 3 aliphatic rings. The Morgan fingerprint density at radius 2 is 1.52 bits per heavy atom. The zero-order valence-corrected chi connectivity index (χ0v) is 37.7. The maximum absolute atomic E-state index is 11.6. The summed E-state index contributed by atoms with van der Waals surface area (Å²) in [7, 11) is 1.63. The normalized spacial score (nSPS) is 23.6. The standard InChI is InChI=1S/C51H75NO7S/c1-4-6-7-8-9-10-11-12-13-14-15-16-17-22-33-60-48-37-46(52-56-3)44-35-40(25-18-20-30-53)43(27-19-21-31-54)49-45-36-42(58-41-26-23-24-39(34-41)38-55)28-29-47(45)59-51(48,50(44)49)57-32-5-2/h5,23-24,26,28-29,34-36,38,40,43,48-50,53-54H,2,4,6-22,25,27,30-33,37H2,1,3H3. The van der Waals surface area contributed by atoms with Crippen molar-refractivity contribution in [2.45, 2.75) is 159 Å². The van der Waals surface area contributed by atoms with Gasteiger partial charge in [-0.3, -0.25) is 4.79 Å². The number of benzene rings is 2. The molecule has 0 saturated heterocycles. The second-order valence-corrected chi connectivity index (χ2v) is 18.5. The number of ether oxygens (including phenoxy) is 3. The van der Waals surface area contributed by atoms with Crippen LogP contribution in [0, 0.1) is 17.8 Å². The molecule has 1 fully saturated rings. The lowest BCUT2D eigenvalue weighted by Gasteiger charge is -2.58. The van der Waals surface area contributed by atoms with E-state index in [1.165, 1.54) is 83.5 Å². The highest BCUT2D eigenvalue weighted by atomic mass is 32.2. The minimum atomic E-state index is -0.975. The van der Waals surface area contributed by atoms with E-state index in [1.54, 1.807) is 19.2 Å². The predicted octanol–water partition coefficient (Wildman–Crippen LogP) is 12.8. The molecule has 1 aliphatic heterocycles. The number of aldehydes is 1. The summed E-state index contributed by atoms with van der Waals surface area (Å²) < 4.78 is 20.8. The largest absolute Gasteiger partial charge is 0.460 e. The number of allylic oxidation sites excluding steroid dienone is 1. The molecule has 9 heteroatoms. The van der Waals surface area contributed by atoms with Crippen LogP contribution in [0.2, 0.25) is 0 Å². The first-order valence-electron chi connectivity index (χ1n) is 23.5. The van der Waals surface area contributed by atoms with E-state index in [4.69, 9.17) is 24.2 Å². The van der Waals surface area contributed by atoms with Gasteiger partial charge in [0.15, 0.2) is 0 Å². The summed E-state index contributed by atoms with van der Waals surface area (Å²) in [6.45, 7) is 7.02. The van der Waals surface area contributed by atoms with E-state index in [2.05, 4.69) is 25.6 Å². The van der Waals surface area contributed by atoms with Crippen molar-refractivity contribution >= 4 is 23.8 Å². The SMILES string of the molecule is C=CCOC12Oc3ccc(Oc4cccc(C=O)c4)cc3C3C(CCCCO)C(CCCCO)C=C(C(=NOC)CC1SCCCCCCCCCCCCCCCC)C32. The molecule has 2 aromatic rings. The number of carbonyl (C=O) groups is 1. The molecule has 0 bridgehead atoms. The van der Waals surface area contributed by atoms with Crippen molar-refractivity contribution in [1.29, 1.82) is 0 Å². The zero-order chi connectivity index (χ0) is 42.4. The first-order valence-corrected chi connectivity index (χ1v) is 24.5. The number of aliphatic hydroxyl groups is 2. The van der Waals surface area contributed by atoms with Gasteiger partial charge in [0.1, 0.15) is 30.6 Å². The molecule has 6 atom stereocenters. The van der Waals surface area contributed by atoms with Crippen molar-refractivity contribution in [2.24, 2.45) is 22.9 Å². The first kappa shape index (κ1) is 47.9. The molecule has 6 unspecified atom stereocenters. The van der Waals surface area contributed by atoms with Gasteiger partial charge < -0.3 is 29.3 Å². The fourth-order valence-corrected chi connectivity index (χ4v) is 11.4. The number of rotatable bonds is 31. The summed E-state index contributed by atoms with van der Waals surface area (Å²) in [5.74, 6) is 2.34. The van der Waals surface area contributed by atoms with Crippen LogP contribution >= 0.6 is 11.8 Å². The van der Waals surface area contributed by atoms with Gasteiger partial charge in [-0.15, -0.1) is 6.58 Å². The van der Waals surface area contributed by atoms with Crippen LogP contribution in [-0.2, 0) is 9.57 Å². The summed E-state index contributed by atoms with van der Waals surface area (Å²) in [4.78, 5) is 17.2. The van der Waals surface area contributed by atoms with E-state index < -0.39 is 5.79 Å². The lowest BCUT2D eigenvalue weighted by molar-refractivity contribution is -0.223. The number of thioether (sulfide) groups is 1. The van der Waals surface area contributed by atoms with Gasteiger partial charge in [-0.25, -0.2) is 0 Å². The monoisotopic (exact) mass is 846 g/mol. The number of carbonyl (C=O) groups excluding carboxylic acids is 1. The Morgan fingerprint density at radius 3 is 2.17 bits per heavy atom. The van der Waals surface area contributed by atoms with E-state index in [0.717, 1.165) is 79.6 Å². The second kappa shape index (κ2) is 26.4. The Kier molecular flexibility index (Phi) is 21.1. The van der Waals surface area contributed by atoms with Crippen molar-refractivity contribution in [3.05, 3.63) is 77.9 Å². The molecule has 8 nitrogen and oxygen atoms in total. The van der Waals surface area contributed by atoms with Crippen LogP contribution in [-0.4, -0.2) is 65.9 Å². The van der Waals surface area contributed by atoms with Gasteiger partial charge in [-0.2, -0.15) is 11.8 Å². The molecule has 0 radical (unpaired) electrons. The lowest BCUT2D eigenvalue weighted by Crippen LogP contribution is -2.64. The van der Waals surface area contributed by atoms with E-state index in [-0.39, 0.29) is 42.1 Å². The van der Waals surface area contributed by atoms with E-state index in [0.29, 0.717) is 30.1 Å². The van der Waals surface area contributed by atoms with Crippen LogP contribution in [0.5, 0.6) is 17.2 Å². The molecule has 2 aliphatic carbocycles. The highest BCUT2D eigenvalue weighted by Gasteiger charge is 2.63. The topological polar surface area (TPSA) is 107 Å². The van der Waals surface area contributed by atoms with E-state index in [1.807, 2.05) is 42.1 Å². The molecule has 332 valence electrons. The molecule has 2 aromatic carbocycles. The van der Waals surface area contributed by atoms with Crippen molar-refractivity contribution in [1.82, 2.24) is 0 Å². The summed E-state index contributed by atoms with van der Waals surface area (Å²) in [6.07, 6.45) is 29.6. The molecule has 0 spiro atoms. The van der Waals surface area contributed by atoms with Gasteiger partial charge in [0.05, 0.1) is 23.5 Å². The number of aliphatic hydroxyl groups excluding tert-OH is 2. The molecule has 5 rings (SSSR count). The maximum atomic E-state index is 11.6. The van der Waals surface area contributed by atoms with E-state index in [9.17, 15) is 15.0 Å². The van der Waals surface area contributed by atoms with Crippen LogP contribution < -0.4 is 9.47 Å². The highest BCUT2D eigenvalue weighted by Crippen LogP contribution is 2.62.